The first-order chi connectivity index (χ1) is 9.20. The van der Waals surface area contributed by atoms with E-state index in [4.69, 9.17) is 9.47 Å². The molecule has 1 spiro atoms. The Balaban J connectivity index is 1.78. The highest BCUT2D eigenvalue weighted by Gasteiger charge is 2.42. The smallest absolute Gasteiger partial charge is 0.256 e. The number of aromatic nitrogens is 1. The number of hydrogen-bond acceptors (Lipinski definition) is 4. The molecule has 0 aromatic carbocycles. The Bertz CT molecular complexity index is 489. The van der Waals surface area contributed by atoms with Crippen LogP contribution in [0.3, 0.4) is 0 Å². The van der Waals surface area contributed by atoms with Gasteiger partial charge in [0.15, 0.2) is 5.79 Å². The van der Waals surface area contributed by atoms with Gasteiger partial charge in [-0.25, -0.2) is 4.98 Å². The normalized spacial score (nSPS) is 21.8. The molecule has 2 aliphatic rings. The van der Waals surface area contributed by atoms with Gasteiger partial charge in [0.05, 0.1) is 25.3 Å². The van der Waals surface area contributed by atoms with Crippen LogP contribution in [-0.4, -0.2) is 47.9 Å². The zero-order valence-corrected chi connectivity index (χ0v) is 12.1. The lowest BCUT2D eigenvalue weighted by Gasteiger charge is -2.38. The molecule has 0 saturated carbocycles. The minimum absolute atomic E-state index is 0.0295. The second-order valence-electron chi connectivity index (χ2n) is 4.78. The number of amides is 1. The van der Waals surface area contributed by atoms with Crippen molar-refractivity contribution in [1.82, 2.24) is 9.88 Å². The molecule has 1 aromatic heterocycles. The van der Waals surface area contributed by atoms with Gasteiger partial charge in [0.1, 0.15) is 4.60 Å². The average Bonchev–Trinajstić information content (AvgIpc) is 2.86. The number of carbonyl (C=O) groups is 1. The number of likely N-dealkylation sites (tertiary alicyclic amines) is 1. The lowest BCUT2D eigenvalue weighted by Crippen LogP contribution is -2.51. The molecular weight excluding hydrogens is 312 g/mol. The van der Waals surface area contributed by atoms with Gasteiger partial charge in [-0.05, 0) is 34.5 Å². The van der Waals surface area contributed by atoms with Crippen LogP contribution in [0.4, 0.5) is 0 Å². The minimum Gasteiger partial charge on any atom is -0.346 e. The van der Waals surface area contributed by atoms with Gasteiger partial charge in [-0.2, -0.15) is 0 Å². The van der Waals surface area contributed by atoms with E-state index in [1.165, 1.54) is 0 Å². The van der Waals surface area contributed by atoms with E-state index < -0.39 is 5.79 Å². The fourth-order valence-corrected chi connectivity index (χ4v) is 3.03. The summed E-state index contributed by atoms with van der Waals surface area (Å²) in [5.74, 6) is -0.610. The highest BCUT2D eigenvalue weighted by Crippen LogP contribution is 2.31. The highest BCUT2D eigenvalue weighted by molar-refractivity contribution is 9.10. The molecule has 2 aliphatic heterocycles. The van der Waals surface area contributed by atoms with E-state index in [0.717, 1.165) is 19.4 Å². The second kappa shape index (κ2) is 5.19. The fourth-order valence-electron chi connectivity index (χ4n) is 2.61. The molecule has 0 aliphatic carbocycles. The molecule has 1 aromatic rings. The van der Waals surface area contributed by atoms with Crippen LogP contribution in [0.2, 0.25) is 0 Å². The van der Waals surface area contributed by atoms with E-state index in [9.17, 15) is 4.79 Å². The van der Waals surface area contributed by atoms with E-state index in [1.807, 2.05) is 0 Å². The van der Waals surface area contributed by atoms with Gasteiger partial charge < -0.3 is 14.4 Å². The van der Waals surface area contributed by atoms with E-state index in [2.05, 4.69) is 20.9 Å². The number of piperidine rings is 1. The molecule has 0 bridgehead atoms. The van der Waals surface area contributed by atoms with Gasteiger partial charge in [0, 0.05) is 19.2 Å². The van der Waals surface area contributed by atoms with Crippen molar-refractivity contribution in [3.05, 3.63) is 28.5 Å². The molecule has 0 atom stereocenters. The third-order valence-electron chi connectivity index (χ3n) is 3.51. The summed E-state index contributed by atoms with van der Waals surface area (Å²) in [6, 6.07) is 3.54. The summed E-state index contributed by atoms with van der Waals surface area (Å²) in [4.78, 5) is 18.4. The number of rotatable bonds is 1. The first-order valence-corrected chi connectivity index (χ1v) is 7.17. The summed E-state index contributed by atoms with van der Waals surface area (Å²) >= 11 is 3.32. The maximum absolute atomic E-state index is 12.5. The Hall–Kier alpha value is -0.980. The maximum Gasteiger partial charge on any atom is 0.256 e. The Kier molecular flexibility index (Phi) is 3.56. The molecule has 0 unspecified atom stereocenters. The molecule has 2 fully saturated rings. The summed E-state index contributed by atoms with van der Waals surface area (Å²) in [6.07, 6.45) is 3.40. The summed E-state index contributed by atoms with van der Waals surface area (Å²) in [7, 11) is 0. The van der Waals surface area contributed by atoms with Crippen LogP contribution < -0.4 is 0 Å². The van der Waals surface area contributed by atoms with Gasteiger partial charge in [-0.1, -0.05) is 0 Å². The monoisotopic (exact) mass is 326 g/mol. The van der Waals surface area contributed by atoms with E-state index >= 15 is 0 Å². The van der Waals surface area contributed by atoms with Gasteiger partial charge in [-0.3, -0.25) is 4.79 Å². The van der Waals surface area contributed by atoms with Crippen molar-refractivity contribution in [1.29, 1.82) is 0 Å². The number of nitrogens with zero attached hydrogens (tertiary/aromatic N) is 2. The van der Waals surface area contributed by atoms with Gasteiger partial charge in [0.2, 0.25) is 0 Å². The summed E-state index contributed by atoms with van der Waals surface area (Å²) in [5, 5.41) is 0. The van der Waals surface area contributed by atoms with E-state index in [-0.39, 0.29) is 5.91 Å². The first-order valence-electron chi connectivity index (χ1n) is 6.38. The van der Waals surface area contributed by atoms with Crippen LogP contribution in [0.5, 0.6) is 0 Å². The molecule has 102 valence electrons. The molecule has 0 N–H and O–H groups in total. The predicted molar refractivity (Wildman–Crippen MR) is 71.7 cm³/mol. The summed E-state index contributed by atoms with van der Waals surface area (Å²) in [6.45, 7) is 2.44. The fraction of sp³-hybridized carbons (Fsp3) is 0.538. The largest absolute Gasteiger partial charge is 0.346 e. The molecular formula is C13H15BrN2O3. The standard InChI is InChI=1S/C13H15BrN2O3/c14-11-10(3-1-5-15-11)12(17)16-6-2-4-13(9-16)18-7-8-19-13/h1,3,5H,2,4,6-9H2. The van der Waals surface area contributed by atoms with Crippen LogP contribution in [0.25, 0.3) is 0 Å². The van der Waals surface area contributed by atoms with Crippen molar-refractivity contribution in [2.24, 2.45) is 0 Å². The Morgan fingerprint density at radius 1 is 1.42 bits per heavy atom. The zero-order chi connectivity index (χ0) is 13.3. The summed E-state index contributed by atoms with van der Waals surface area (Å²) in [5.41, 5.74) is 0.581. The van der Waals surface area contributed by atoms with Crippen LogP contribution in [0, 0.1) is 0 Å². The zero-order valence-electron chi connectivity index (χ0n) is 10.5. The van der Waals surface area contributed by atoms with Crippen molar-refractivity contribution in [3.8, 4) is 0 Å². The topological polar surface area (TPSA) is 51.7 Å². The molecule has 0 radical (unpaired) electrons. The van der Waals surface area contributed by atoms with Crippen LogP contribution in [0.1, 0.15) is 23.2 Å². The third kappa shape index (κ3) is 2.52. The van der Waals surface area contributed by atoms with Crippen molar-refractivity contribution >= 4 is 21.8 Å². The van der Waals surface area contributed by atoms with Crippen molar-refractivity contribution in [3.63, 3.8) is 0 Å². The predicted octanol–water partition coefficient (Wildman–Crippen LogP) is 1.82. The number of ether oxygens (including phenoxy) is 2. The molecule has 3 heterocycles. The van der Waals surface area contributed by atoms with Gasteiger partial charge >= 0.3 is 0 Å². The van der Waals surface area contributed by atoms with Crippen LogP contribution in [-0.2, 0) is 9.47 Å². The Morgan fingerprint density at radius 2 is 2.21 bits per heavy atom. The van der Waals surface area contributed by atoms with Crippen LogP contribution in [0.15, 0.2) is 22.9 Å². The second-order valence-corrected chi connectivity index (χ2v) is 5.53. The molecule has 6 heteroatoms. The SMILES string of the molecule is O=C(c1cccnc1Br)N1CCCC2(C1)OCCO2. The quantitative estimate of drug-likeness (QED) is 0.739. The van der Waals surface area contributed by atoms with E-state index in [0.29, 0.717) is 29.9 Å². The summed E-state index contributed by atoms with van der Waals surface area (Å²) < 4.78 is 11.9. The Labute approximate surface area is 120 Å². The van der Waals surface area contributed by atoms with Crippen molar-refractivity contribution in [2.45, 2.75) is 18.6 Å². The number of pyridine rings is 1. The highest BCUT2D eigenvalue weighted by atomic mass is 79.9. The Morgan fingerprint density at radius 3 is 2.95 bits per heavy atom. The minimum atomic E-state index is -0.581. The molecule has 1 amide bonds. The van der Waals surface area contributed by atoms with Crippen molar-refractivity contribution in [2.75, 3.05) is 26.3 Å². The first kappa shape index (κ1) is 13.0. The lowest BCUT2D eigenvalue weighted by molar-refractivity contribution is -0.183. The molecule has 2 saturated heterocycles. The lowest BCUT2D eigenvalue weighted by atomic mass is 10.0. The van der Waals surface area contributed by atoms with Crippen molar-refractivity contribution < 1.29 is 14.3 Å². The van der Waals surface area contributed by atoms with Crippen LogP contribution >= 0.6 is 15.9 Å². The molecule has 19 heavy (non-hydrogen) atoms. The third-order valence-corrected chi connectivity index (χ3v) is 4.14. The van der Waals surface area contributed by atoms with Gasteiger partial charge in [-0.15, -0.1) is 0 Å². The number of carbonyl (C=O) groups excluding carboxylic acids is 1. The molecule has 5 nitrogen and oxygen atoms in total. The van der Waals surface area contributed by atoms with Gasteiger partial charge in [0.25, 0.3) is 5.91 Å². The molecule has 3 rings (SSSR count). The average molecular weight is 327 g/mol. The maximum atomic E-state index is 12.5. The van der Waals surface area contributed by atoms with E-state index in [1.54, 1.807) is 23.2 Å². The number of halogens is 1. The number of hydrogen-bond donors (Lipinski definition) is 0.